The van der Waals surface area contributed by atoms with Gasteiger partial charge in [0.2, 0.25) is 5.62 Å². The summed E-state index contributed by atoms with van der Waals surface area (Å²) in [4.78, 5) is 27.8. The molecular formula is C25H24F4N4O4. The van der Waals surface area contributed by atoms with Crippen LogP contribution < -0.4 is 15.7 Å². The third kappa shape index (κ3) is 6.57. The SMILES string of the molecule is Cc1cc(C(NC(=O)c2cc(Cn3ccn(C)/c3=N\C(=O)O)cc(OC(F)(F)F)c2)C2CC2)ccc1F. The zero-order valence-electron chi connectivity index (χ0n) is 19.9. The average molecular weight is 520 g/mol. The Morgan fingerprint density at radius 1 is 1.19 bits per heavy atom. The number of aryl methyl sites for hydroxylation is 2. The second-order valence-corrected chi connectivity index (χ2v) is 8.94. The zero-order chi connectivity index (χ0) is 26.9. The van der Waals surface area contributed by atoms with E-state index in [9.17, 15) is 27.2 Å². The van der Waals surface area contributed by atoms with Gasteiger partial charge in [0.1, 0.15) is 11.6 Å². The molecule has 1 fully saturated rings. The smallest absolute Gasteiger partial charge is 0.463 e. The second kappa shape index (κ2) is 10.1. The number of carboxylic acid groups (broad SMARTS) is 1. The fraction of sp³-hybridized carbons (Fsp3) is 0.320. The van der Waals surface area contributed by atoms with Gasteiger partial charge in [-0.15, -0.1) is 18.2 Å². The van der Waals surface area contributed by atoms with Gasteiger partial charge < -0.3 is 24.3 Å². The summed E-state index contributed by atoms with van der Waals surface area (Å²) in [7, 11) is 1.56. The highest BCUT2D eigenvalue weighted by Gasteiger charge is 2.35. The van der Waals surface area contributed by atoms with Crippen molar-refractivity contribution in [2.24, 2.45) is 18.0 Å². The van der Waals surface area contributed by atoms with Gasteiger partial charge in [0.25, 0.3) is 5.91 Å². The summed E-state index contributed by atoms with van der Waals surface area (Å²) in [6.07, 6.45) is -1.67. The lowest BCUT2D eigenvalue weighted by atomic mass is 9.99. The molecule has 0 radical (unpaired) electrons. The Hall–Kier alpha value is -4.09. The second-order valence-electron chi connectivity index (χ2n) is 8.94. The Morgan fingerprint density at radius 3 is 2.54 bits per heavy atom. The van der Waals surface area contributed by atoms with Gasteiger partial charge in [-0.3, -0.25) is 4.79 Å². The number of carbonyl (C=O) groups excluding carboxylic acids is 1. The lowest BCUT2D eigenvalue weighted by molar-refractivity contribution is -0.274. The van der Waals surface area contributed by atoms with Crippen LogP contribution in [0.2, 0.25) is 0 Å². The van der Waals surface area contributed by atoms with Crippen molar-refractivity contribution >= 4 is 12.0 Å². The monoisotopic (exact) mass is 520 g/mol. The first kappa shape index (κ1) is 26.0. The molecule has 0 aliphatic heterocycles. The van der Waals surface area contributed by atoms with E-state index in [1.807, 2.05) is 0 Å². The van der Waals surface area contributed by atoms with Crippen molar-refractivity contribution in [3.63, 3.8) is 0 Å². The van der Waals surface area contributed by atoms with E-state index >= 15 is 0 Å². The van der Waals surface area contributed by atoms with Crippen molar-refractivity contribution in [2.75, 3.05) is 0 Å². The minimum Gasteiger partial charge on any atom is -0.463 e. The molecule has 4 rings (SSSR count). The van der Waals surface area contributed by atoms with Crippen molar-refractivity contribution in [2.45, 2.75) is 38.7 Å². The average Bonchev–Trinajstić information content (AvgIpc) is 3.59. The maximum atomic E-state index is 13.8. The van der Waals surface area contributed by atoms with Gasteiger partial charge in [-0.1, -0.05) is 12.1 Å². The zero-order valence-corrected chi connectivity index (χ0v) is 19.9. The molecule has 37 heavy (non-hydrogen) atoms. The molecule has 1 atom stereocenters. The van der Waals surface area contributed by atoms with Crippen LogP contribution in [0.15, 0.2) is 53.8 Å². The molecule has 0 saturated heterocycles. The van der Waals surface area contributed by atoms with Gasteiger partial charge in [0.05, 0.1) is 12.6 Å². The van der Waals surface area contributed by atoms with Crippen molar-refractivity contribution in [1.29, 1.82) is 0 Å². The van der Waals surface area contributed by atoms with Gasteiger partial charge in [-0.05, 0) is 66.6 Å². The molecule has 1 aliphatic rings. The third-order valence-corrected chi connectivity index (χ3v) is 5.97. The third-order valence-electron chi connectivity index (χ3n) is 5.97. The Labute approximate surface area is 208 Å². The number of nitrogens with zero attached hydrogens (tertiary/aromatic N) is 3. The summed E-state index contributed by atoms with van der Waals surface area (Å²) in [6.45, 7) is 1.53. The molecule has 8 nitrogen and oxygen atoms in total. The fourth-order valence-electron chi connectivity index (χ4n) is 4.13. The standard InChI is InChI=1S/C25H24F4N4O4/c1-14-9-17(5-6-20(14)26)21(16-3-4-16)30-22(34)18-10-15(11-19(12-18)37-25(27,28)29)13-33-8-7-32(2)23(33)31-24(35)36/h5-12,16,21H,3-4,13H2,1-2H3,(H,30,34)(H,35,36)/b31-23+. The molecule has 12 heteroatoms. The van der Waals surface area contributed by atoms with Gasteiger partial charge in [0, 0.05) is 25.0 Å². The largest absolute Gasteiger partial charge is 0.573 e. The maximum Gasteiger partial charge on any atom is 0.573 e. The Kier molecular flexibility index (Phi) is 7.10. The predicted octanol–water partition coefficient (Wildman–Crippen LogP) is 4.68. The minimum absolute atomic E-state index is 0.0427. The molecule has 2 aromatic carbocycles. The summed E-state index contributed by atoms with van der Waals surface area (Å²) in [6, 6.07) is 7.63. The molecule has 1 aromatic heterocycles. The quantitative estimate of drug-likeness (QED) is 0.442. The first-order valence-corrected chi connectivity index (χ1v) is 11.4. The van der Waals surface area contributed by atoms with Crippen LogP contribution in [0.4, 0.5) is 22.4 Å². The highest BCUT2D eigenvalue weighted by Crippen LogP contribution is 2.41. The van der Waals surface area contributed by atoms with Crippen LogP contribution in [0.1, 0.15) is 45.9 Å². The van der Waals surface area contributed by atoms with Crippen LogP contribution in [-0.2, 0) is 13.6 Å². The number of carbonyl (C=O) groups is 2. The molecule has 2 amide bonds. The topological polar surface area (TPSA) is 97.9 Å². The first-order valence-electron chi connectivity index (χ1n) is 11.4. The van der Waals surface area contributed by atoms with E-state index in [-0.39, 0.29) is 35.0 Å². The number of rotatable bonds is 7. The number of ether oxygens (including phenoxy) is 1. The Morgan fingerprint density at radius 2 is 1.92 bits per heavy atom. The van der Waals surface area contributed by atoms with E-state index in [1.165, 1.54) is 33.7 Å². The number of halogens is 4. The first-order chi connectivity index (χ1) is 17.4. The van der Waals surface area contributed by atoms with E-state index < -0.39 is 30.2 Å². The van der Waals surface area contributed by atoms with Crippen LogP contribution in [0, 0.1) is 18.7 Å². The number of amides is 2. The van der Waals surface area contributed by atoms with E-state index in [0.717, 1.165) is 25.0 Å². The minimum atomic E-state index is -4.99. The number of aromatic nitrogens is 2. The van der Waals surface area contributed by atoms with Crippen LogP contribution in [0.25, 0.3) is 0 Å². The molecule has 3 aromatic rings. The van der Waals surface area contributed by atoms with E-state index in [4.69, 9.17) is 5.11 Å². The van der Waals surface area contributed by atoms with E-state index in [0.29, 0.717) is 11.1 Å². The molecule has 0 spiro atoms. The normalized spacial score (nSPS) is 14.9. The van der Waals surface area contributed by atoms with Gasteiger partial charge >= 0.3 is 12.5 Å². The molecular weight excluding hydrogens is 496 g/mol. The Bertz CT molecular complexity index is 1410. The molecule has 1 aliphatic carbocycles. The lowest BCUT2D eigenvalue weighted by Gasteiger charge is -2.20. The molecule has 196 valence electrons. The summed E-state index contributed by atoms with van der Waals surface area (Å²) >= 11 is 0. The van der Waals surface area contributed by atoms with E-state index in [1.54, 1.807) is 26.1 Å². The summed E-state index contributed by atoms with van der Waals surface area (Å²) in [5.41, 5.74) is 1.35. The summed E-state index contributed by atoms with van der Waals surface area (Å²) < 4.78 is 59.8. The molecule has 1 saturated carbocycles. The number of hydrogen-bond acceptors (Lipinski definition) is 3. The number of imidazole rings is 1. The van der Waals surface area contributed by atoms with Gasteiger partial charge in [-0.25, -0.2) is 9.18 Å². The lowest BCUT2D eigenvalue weighted by Crippen LogP contribution is -2.30. The van der Waals surface area contributed by atoms with Crippen molar-refractivity contribution < 1.29 is 37.0 Å². The molecule has 2 N–H and O–H groups in total. The van der Waals surface area contributed by atoms with Crippen molar-refractivity contribution in [1.82, 2.24) is 14.5 Å². The Balaban J connectivity index is 1.67. The number of alkyl halides is 3. The van der Waals surface area contributed by atoms with Crippen LogP contribution >= 0.6 is 0 Å². The van der Waals surface area contributed by atoms with Gasteiger partial charge in [-0.2, -0.15) is 0 Å². The molecule has 1 unspecified atom stereocenters. The summed E-state index contributed by atoms with van der Waals surface area (Å²) in [5.74, 6) is -1.47. The number of hydrogen-bond donors (Lipinski definition) is 2. The van der Waals surface area contributed by atoms with E-state index in [2.05, 4.69) is 15.0 Å². The van der Waals surface area contributed by atoms with Crippen LogP contribution in [-0.4, -0.2) is 32.6 Å². The highest BCUT2D eigenvalue weighted by molar-refractivity contribution is 5.95. The summed E-state index contributed by atoms with van der Waals surface area (Å²) in [5, 5.41) is 11.9. The number of nitrogens with one attached hydrogen (secondary N) is 1. The maximum absolute atomic E-state index is 13.8. The van der Waals surface area contributed by atoms with Crippen LogP contribution in [0.5, 0.6) is 5.75 Å². The van der Waals surface area contributed by atoms with Gasteiger partial charge in [0.15, 0.2) is 0 Å². The molecule has 1 heterocycles. The van der Waals surface area contributed by atoms with Crippen LogP contribution in [0.3, 0.4) is 0 Å². The fourth-order valence-corrected chi connectivity index (χ4v) is 4.13. The highest BCUT2D eigenvalue weighted by atomic mass is 19.4. The molecule has 0 bridgehead atoms. The van der Waals surface area contributed by atoms with Crippen molar-refractivity contribution in [3.8, 4) is 5.75 Å². The van der Waals surface area contributed by atoms with Crippen molar-refractivity contribution in [3.05, 3.63) is 82.5 Å². The number of benzene rings is 2. The predicted molar refractivity (Wildman–Crippen MR) is 123 cm³/mol.